The summed E-state index contributed by atoms with van der Waals surface area (Å²) in [7, 11) is 2.20. The molecule has 4 aromatic rings. The summed E-state index contributed by atoms with van der Waals surface area (Å²) in [5.74, 6) is 0. The Labute approximate surface area is 183 Å². The van der Waals surface area contributed by atoms with Crippen LogP contribution in [0.3, 0.4) is 0 Å². The van der Waals surface area contributed by atoms with E-state index in [4.69, 9.17) is 0 Å². The molecule has 6 rings (SSSR count). The van der Waals surface area contributed by atoms with E-state index in [2.05, 4.69) is 69.6 Å². The molecule has 0 radical (unpaired) electrons. The van der Waals surface area contributed by atoms with Crippen molar-refractivity contribution in [3.63, 3.8) is 0 Å². The molecule has 0 spiro atoms. The molecule has 1 atom stereocenters. The van der Waals surface area contributed by atoms with E-state index < -0.39 is 6.10 Å². The summed E-state index contributed by atoms with van der Waals surface area (Å²) in [6, 6.07) is 17.5. The average Bonchev–Trinajstić information content (AvgIpc) is 3.27. The van der Waals surface area contributed by atoms with Crippen LogP contribution in [0.2, 0.25) is 0 Å². The Morgan fingerprint density at radius 3 is 2.06 bits per heavy atom. The SMILES string of the molecule is CN1CCc2c(c3ccccc3n2CC(O)Cn2c3c(c4ccccc42)CCCC3)C1. The number of fused-ring (bicyclic) bond motifs is 6. The van der Waals surface area contributed by atoms with Crippen LogP contribution in [0.15, 0.2) is 48.5 Å². The minimum Gasteiger partial charge on any atom is -0.389 e. The zero-order chi connectivity index (χ0) is 20.9. The van der Waals surface area contributed by atoms with Crippen molar-refractivity contribution in [2.45, 2.75) is 57.8 Å². The van der Waals surface area contributed by atoms with E-state index in [9.17, 15) is 5.11 Å². The van der Waals surface area contributed by atoms with Crippen molar-refractivity contribution in [1.29, 1.82) is 0 Å². The highest BCUT2D eigenvalue weighted by atomic mass is 16.3. The van der Waals surface area contributed by atoms with Gasteiger partial charge in [-0.2, -0.15) is 0 Å². The molecule has 2 aromatic heterocycles. The second-order valence-corrected chi connectivity index (χ2v) is 9.45. The number of aliphatic hydroxyl groups excluding tert-OH is 1. The van der Waals surface area contributed by atoms with Gasteiger partial charge in [0.2, 0.25) is 0 Å². The van der Waals surface area contributed by atoms with Crippen LogP contribution >= 0.6 is 0 Å². The molecule has 0 amide bonds. The summed E-state index contributed by atoms with van der Waals surface area (Å²) in [6.07, 6.45) is 5.46. The molecule has 3 heterocycles. The van der Waals surface area contributed by atoms with Gasteiger partial charge in [-0.25, -0.2) is 0 Å². The summed E-state index contributed by atoms with van der Waals surface area (Å²) >= 11 is 0. The van der Waals surface area contributed by atoms with Gasteiger partial charge in [0, 0.05) is 52.7 Å². The maximum absolute atomic E-state index is 11.3. The first-order valence-electron chi connectivity index (χ1n) is 11.8. The molecule has 31 heavy (non-hydrogen) atoms. The number of para-hydroxylation sites is 2. The molecular formula is C27H31N3O. The van der Waals surface area contributed by atoms with Gasteiger partial charge in [-0.05, 0) is 56.0 Å². The number of likely N-dealkylation sites (N-methyl/N-ethyl adjacent to an activating group) is 1. The molecular weight excluding hydrogens is 382 g/mol. The average molecular weight is 414 g/mol. The monoisotopic (exact) mass is 413 g/mol. The van der Waals surface area contributed by atoms with Crippen LogP contribution in [-0.2, 0) is 38.9 Å². The fourth-order valence-electron chi connectivity index (χ4n) is 6.02. The van der Waals surface area contributed by atoms with E-state index in [1.165, 1.54) is 63.6 Å². The zero-order valence-electron chi connectivity index (χ0n) is 18.3. The van der Waals surface area contributed by atoms with Crippen molar-refractivity contribution in [2.24, 2.45) is 0 Å². The van der Waals surface area contributed by atoms with Crippen molar-refractivity contribution >= 4 is 21.8 Å². The Bertz CT molecular complexity index is 1260. The topological polar surface area (TPSA) is 33.3 Å². The van der Waals surface area contributed by atoms with E-state index in [0.29, 0.717) is 13.1 Å². The van der Waals surface area contributed by atoms with Gasteiger partial charge in [0.1, 0.15) is 0 Å². The molecule has 1 unspecified atom stereocenters. The molecule has 2 aliphatic rings. The molecule has 0 saturated heterocycles. The van der Waals surface area contributed by atoms with E-state index in [1.807, 2.05) is 0 Å². The van der Waals surface area contributed by atoms with Crippen LogP contribution < -0.4 is 0 Å². The lowest BCUT2D eigenvalue weighted by Gasteiger charge is -2.25. The van der Waals surface area contributed by atoms with Crippen LogP contribution in [0.5, 0.6) is 0 Å². The predicted molar refractivity (Wildman–Crippen MR) is 127 cm³/mol. The van der Waals surface area contributed by atoms with Gasteiger partial charge >= 0.3 is 0 Å². The number of aryl methyl sites for hydroxylation is 1. The van der Waals surface area contributed by atoms with E-state index in [1.54, 1.807) is 0 Å². The normalized spacial score (nSPS) is 17.7. The lowest BCUT2D eigenvalue weighted by Crippen LogP contribution is -2.29. The van der Waals surface area contributed by atoms with Crippen molar-refractivity contribution in [3.05, 3.63) is 71.0 Å². The highest BCUT2D eigenvalue weighted by molar-refractivity contribution is 5.86. The summed E-state index contributed by atoms with van der Waals surface area (Å²) in [4.78, 5) is 2.40. The number of rotatable bonds is 4. The molecule has 2 aromatic carbocycles. The van der Waals surface area contributed by atoms with Gasteiger partial charge in [0.05, 0.1) is 19.2 Å². The van der Waals surface area contributed by atoms with Crippen LogP contribution in [-0.4, -0.2) is 38.8 Å². The van der Waals surface area contributed by atoms with Crippen molar-refractivity contribution < 1.29 is 5.11 Å². The standard InChI is InChI=1S/C27H31N3O/c1-28-15-14-27-23(18-28)22-10-4-7-13-26(22)30(27)17-19(31)16-29-24-11-5-2-8-20(24)21-9-3-6-12-25(21)29/h2,4-5,7-8,10-11,13,19,31H,3,6,9,12,14-18H2,1H3. The summed E-state index contributed by atoms with van der Waals surface area (Å²) in [6.45, 7) is 3.39. The minimum absolute atomic E-state index is 0.415. The first kappa shape index (κ1) is 19.1. The van der Waals surface area contributed by atoms with Crippen LogP contribution in [0.25, 0.3) is 21.8 Å². The highest BCUT2D eigenvalue weighted by Crippen LogP contribution is 2.33. The van der Waals surface area contributed by atoms with Crippen LogP contribution in [0.4, 0.5) is 0 Å². The maximum Gasteiger partial charge on any atom is 0.0897 e. The first-order valence-corrected chi connectivity index (χ1v) is 11.8. The molecule has 1 aliphatic heterocycles. The molecule has 1 N–H and O–H groups in total. The number of hydrogen-bond acceptors (Lipinski definition) is 2. The Balaban J connectivity index is 1.37. The predicted octanol–water partition coefficient (Wildman–Crippen LogP) is 4.52. The van der Waals surface area contributed by atoms with E-state index >= 15 is 0 Å². The van der Waals surface area contributed by atoms with Gasteiger partial charge in [-0.15, -0.1) is 0 Å². The van der Waals surface area contributed by atoms with Crippen molar-refractivity contribution in [2.75, 3.05) is 13.6 Å². The fraction of sp³-hybridized carbons (Fsp3) is 0.407. The Morgan fingerprint density at radius 1 is 0.774 bits per heavy atom. The molecule has 160 valence electrons. The van der Waals surface area contributed by atoms with E-state index in [0.717, 1.165) is 25.9 Å². The van der Waals surface area contributed by atoms with E-state index in [-0.39, 0.29) is 0 Å². The molecule has 0 fully saturated rings. The largest absolute Gasteiger partial charge is 0.389 e. The van der Waals surface area contributed by atoms with Gasteiger partial charge in [-0.3, -0.25) is 0 Å². The number of aromatic nitrogens is 2. The quantitative estimate of drug-likeness (QED) is 0.534. The Kier molecular flexibility index (Phi) is 4.66. The smallest absolute Gasteiger partial charge is 0.0897 e. The van der Waals surface area contributed by atoms with Gasteiger partial charge < -0.3 is 19.1 Å². The number of aliphatic hydroxyl groups is 1. The number of hydrogen-bond donors (Lipinski definition) is 1. The van der Waals surface area contributed by atoms with Gasteiger partial charge in [0.25, 0.3) is 0 Å². The third-order valence-corrected chi connectivity index (χ3v) is 7.42. The maximum atomic E-state index is 11.3. The Hall–Kier alpha value is -2.56. The van der Waals surface area contributed by atoms with Crippen molar-refractivity contribution in [1.82, 2.24) is 14.0 Å². The zero-order valence-corrected chi connectivity index (χ0v) is 18.3. The second-order valence-electron chi connectivity index (χ2n) is 9.45. The molecule has 0 saturated carbocycles. The van der Waals surface area contributed by atoms with Crippen LogP contribution in [0, 0.1) is 0 Å². The number of nitrogens with zero attached hydrogens (tertiary/aromatic N) is 3. The highest BCUT2D eigenvalue weighted by Gasteiger charge is 2.25. The Morgan fingerprint density at radius 2 is 1.35 bits per heavy atom. The third kappa shape index (κ3) is 3.12. The molecule has 4 nitrogen and oxygen atoms in total. The summed E-state index contributed by atoms with van der Waals surface area (Å²) < 4.78 is 4.82. The van der Waals surface area contributed by atoms with Gasteiger partial charge in [0.15, 0.2) is 0 Å². The lowest BCUT2D eigenvalue weighted by molar-refractivity contribution is 0.134. The van der Waals surface area contributed by atoms with Crippen molar-refractivity contribution in [3.8, 4) is 0 Å². The summed E-state index contributed by atoms with van der Waals surface area (Å²) in [5.41, 5.74) is 8.38. The molecule has 0 bridgehead atoms. The molecule has 1 aliphatic carbocycles. The lowest BCUT2D eigenvalue weighted by atomic mass is 9.95. The first-order chi connectivity index (χ1) is 15.2. The second kappa shape index (κ2) is 7.54. The van der Waals surface area contributed by atoms with Crippen LogP contribution in [0.1, 0.15) is 35.4 Å². The number of benzene rings is 2. The van der Waals surface area contributed by atoms with Gasteiger partial charge in [-0.1, -0.05) is 36.4 Å². The minimum atomic E-state index is -0.415. The molecule has 4 heteroatoms. The third-order valence-electron chi connectivity index (χ3n) is 7.42. The fourth-order valence-corrected chi connectivity index (χ4v) is 6.02. The summed E-state index contributed by atoms with van der Waals surface area (Å²) in [5, 5.41) is 14.0.